The Kier molecular flexibility index (Phi) is 3.37. The summed E-state index contributed by atoms with van der Waals surface area (Å²) in [4.78, 5) is 11.0. The standard InChI is InChI=1S/C12H9IO4/c1-17-10-4-2-3-8-7(10)5-6-9(12(14)15)11(8)13-16/h2-6H,1H3,(H,14,15). The van der Waals surface area contributed by atoms with Crippen LogP contribution in [0.2, 0.25) is 0 Å². The summed E-state index contributed by atoms with van der Waals surface area (Å²) < 4.78 is 16.9. The molecule has 0 fully saturated rings. The van der Waals surface area contributed by atoms with E-state index in [2.05, 4.69) is 0 Å². The number of methoxy groups -OCH3 is 1. The molecule has 5 heteroatoms. The second kappa shape index (κ2) is 4.79. The van der Waals surface area contributed by atoms with Crippen molar-refractivity contribution in [3.8, 4) is 5.75 Å². The molecule has 0 aromatic heterocycles. The third-order valence-electron chi connectivity index (χ3n) is 2.48. The maximum atomic E-state index is 11.3. The highest BCUT2D eigenvalue weighted by Gasteiger charge is 2.15. The lowest BCUT2D eigenvalue weighted by Crippen LogP contribution is -2.00. The summed E-state index contributed by atoms with van der Waals surface area (Å²) in [5.74, 6) is -0.404. The molecule has 0 radical (unpaired) electrons. The highest BCUT2D eigenvalue weighted by molar-refractivity contribution is 14.1. The van der Waals surface area contributed by atoms with E-state index in [1.54, 1.807) is 31.4 Å². The Morgan fingerprint density at radius 2 is 2.00 bits per heavy atom. The van der Waals surface area contributed by atoms with E-state index in [4.69, 9.17) is 9.84 Å². The minimum absolute atomic E-state index is 0.105. The molecule has 0 amide bonds. The Balaban J connectivity index is 2.87. The molecule has 1 N–H and O–H groups in total. The first kappa shape index (κ1) is 12.0. The molecule has 0 unspecified atom stereocenters. The number of aromatic carboxylic acids is 1. The van der Waals surface area contributed by atoms with Crippen LogP contribution in [0.3, 0.4) is 0 Å². The van der Waals surface area contributed by atoms with E-state index in [0.717, 1.165) is 5.39 Å². The monoisotopic (exact) mass is 344 g/mol. The lowest BCUT2D eigenvalue weighted by atomic mass is 10.1. The summed E-state index contributed by atoms with van der Waals surface area (Å²) in [6.45, 7) is 0. The summed E-state index contributed by atoms with van der Waals surface area (Å²) >= 11 is -1.55. The van der Waals surface area contributed by atoms with Crippen molar-refractivity contribution >= 4 is 37.9 Å². The van der Waals surface area contributed by atoms with Crippen LogP contribution in [-0.2, 0) is 3.07 Å². The highest BCUT2D eigenvalue weighted by Crippen LogP contribution is 2.32. The zero-order valence-electron chi connectivity index (χ0n) is 8.94. The molecular formula is C12H9IO4. The maximum absolute atomic E-state index is 11.3. The van der Waals surface area contributed by atoms with Gasteiger partial charge in [-0.15, -0.1) is 0 Å². The zero-order chi connectivity index (χ0) is 12.4. The third kappa shape index (κ3) is 2.02. The van der Waals surface area contributed by atoms with Crippen LogP contribution >= 0.6 is 21.2 Å². The maximum Gasteiger partial charge on any atom is 0.336 e. The molecule has 0 heterocycles. The minimum Gasteiger partial charge on any atom is -0.496 e. The van der Waals surface area contributed by atoms with Gasteiger partial charge >= 0.3 is 5.97 Å². The van der Waals surface area contributed by atoms with E-state index < -0.39 is 27.2 Å². The molecule has 0 saturated carbocycles. The number of halogens is 1. The van der Waals surface area contributed by atoms with Gasteiger partial charge in [0.05, 0.1) is 16.2 Å². The van der Waals surface area contributed by atoms with Crippen molar-refractivity contribution in [3.63, 3.8) is 0 Å². The lowest BCUT2D eigenvalue weighted by Gasteiger charge is -2.08. The Hall–Kier alpha value is -1.50. The Bertz CT molecular complexity index is 607. The number of carboxylic acid groups (broad SMARTS) is 1. The number of hydrogen-bond donors (Lipinski definition) is 1. The molecule has 2 aromatic rings. The number of benzene rings is 2. The number of rotatable bonds is 3. The second-order valence-corrected chi connectivity index (χ2v) is 4.88. The number of carboxylic acids is 1. The average Bonchev–Trinajstić information content (AvgIpc) is 2.36. The van der Waals surface area contributed by atoms with E-state index >= 15 is 0 Å². The van der Waals surface area contributed by atoms with E-state index in [-0.39, 0.29) is 5.56 Å². The number of fused-ring (bicyclic) bond motifs is 1. The first-order valence-electron chi connectivity index (χ1n) is 4.79. The normalized spacial score (nSPS) is 10.4. The predicted molar refractivity (Wildman–Crippen MR) is 70.9 cm³/mol. The van der Waals surface area contributed by atoms with Gasteiger partial charge in [0.2, 0.25) is 0 Å². The SMILES string of the molecule is COc1cccc2c(I=O)c(C(=O)O)ccc12. The van der Waals surface area contributed by atoms with E-state index in [9.17, 15) is 7.86 Å². The number of ether oxygens (including phenoxy) is 1. The van der Waals surface area contributed by atoms with Crippen molar-refractivity contribution in [1.82, 2.24) is 0 Å². The van der Waals surface area contributed by atoms with Gasteiger partial charge in [0, 0.05) is 10.8 Å². The quantitative estimate of drug-likeness (QED) is 0.870. The molecular weight excluding hydrogens is 335 g/mol. The Labute approximate surface area is 108 Å². The summed E-state index contributed by atoms with van der Waals surface area (Å²) in [5, 5.41) is 10.5. The van der Waals surface area contributed by atoms with Gasteiger partial charge < -0.3 is 9.84 Å². The van der Waals surface area contributed by atoms with Gasteiger partial charge in [-0.05, 0) is 18.2 Å². The van der Waals surface area contributed by atoms with Gasteiger partial charge in [-0.1, -0.05) is 12.1 Å². The predicted octanol–water partition coefficient (Wildman–Crippen LogP) is 3.03. The van der Waals surface area contributed by atoms with Crippen LogP contribution in [0.5, 0.6) is 5.75 Å². The van der Waals surface area contributed by atoms with Gasteiger partial charge in [-0.2, -0.15) is 0 Å². The fourth-order valence-corrected chi connectivity index (χ4v) is 3.07. The Morgan fingerprint density at radius 3 is 2.59 bits per heavy atom. The van der Waals surface area contributed by atoms with Crippen LogP contribution in [0.4, 0.5) is 0 Å². The van der Waals surface area contributed by atoms with Crippen LogP contribution in [0.25, 0.3) is 10.8 Å². The molecule has 0 spiro atoms. The molecule has 0 aliphatic heterocycles. The molecule has 0 bridgehead atoms. The van der Waals surface area contributed by atoms with E-state index in [1.807, 2.05) is 0 Å². The van der Waals surface area contributed by atoms with E-state index in [1.165, 1.54) is 6.07 Å². The number of hydrogen-bond acceptors (Lipinski definition) is 3. The molecule has 4 nitrogen and oxygen atoms in total. The molecule has 88 valence electrons. The molecule has 0 atom stereocenters. The second-order valence-electron chi connectivity index (χ2n) is 3.36. The van der Waals surface area contributed by atoms with Crippen LogP contribution < -0.4 is 4.74 Å². The minimum atomic E-state index is -1.55. The summed E-state index contributed by atoms with van der Waals surface area (Å²) in [6, 6.07) is 8.46. The molecule has 17 heavy (non-hydrogen) atoms. The largest absolute Gasteiger partial charge is 0.496 e. The van der Waals surface area contributed by atoms with Gasteiger partial charge in [-0.3, -0.25) is 3.07 Å². The van der Waals surface area contributed by atoms with Crippen molar-refractivity contribution in [3.05, 3.63) is 39.5 Å². The summed E-state index contributed by atoms with van der Waals surface area (Å²) in [7, 11) is 1.55. The number of carbonyl (C=O) groups is 1. The van der Waals surface area contributed by atoms with Gasteiger partial charge in [0.1, 0.15) is 5.75 Å². The smallest absolute Gasteiger partial charge is 0.336 e. The summed E-state index contributed by atoms with van der Waals surface area (Å²) in [5.41, 5.74) is 0.105. The van der Waals surface area contributed by atoms with Crippen LogP contribution in [0.15, 0.2) is 30.3 Å². The molecule has 0 aliphatic carbocycles. The zero-order valence-corrected chi connectivity index (χ0v) is 11.1. The van der Waals surface area contributed by atoms with Gasteiger partial charge in [-0.25, -0.2) is 4.79 Å². The first-order chi connectivity index (χ1) is 8.19. The molecule has 0 saturated heterocycles. The van der Waals surface area contributed by atoms with Crippen LogP contribution in [-0.4, -0.2) is 18.2 Å². The fourth-order valence-electron chi connectivity index (χ4n) is 1.72. The van der Waals surface area contributed by atoms with Gasteiger partial charge in [0.25, 0.3) is 0 Å². The first-order valence-corrected chi connectivity index (χ1v) is 6.75. The molecule has 2 aromatic carbocycles. The van der Waals surface area contributed by atoms with Crippen LogP contribution in [0, 0.1) is 3.57 Å². The van der Waals surface area contributed by atoms with Crippen molar-refractivity contribution in [1.29, 1.82) is 0 Å². The fraction of sp³-hybridized carbons (Fsp3) is 0.0833. The Morgan fingerprint density at radius 1 is 1.24 bits per heavy atom. The summed E-state index contributed by atoms with van der Waals surface area (Å²) in [6.07, 6.45) is 0. The van der Waals surface area contributed by atoms with Crippen LogP contribution in [0.1, 0.15) is 10.4 Å². The topological polar surface area (TPSA) is 63.6 Å². The van der Waals surface area contributed by atoms with E-state index in [0.29, 0.717) is 14.7 Å². The average molecular weight is 344 g/mol. The van der Waals surface area contributed by atoms with Crippen molar-refractivity contribution in [2.45, 2.75) is 0 Å². The highest BCUT2D eigenvalue weighted by atomic mass is 127. The molecule has 0 aliphatic rings. The molecule has 2 rings (SSSR count). The lowest BCUT2D eigenvalue weighted by molar-refractivity contribution is 0.0696. The third-order valence-corrected chi connectivity index (χ3v) is 4.09. The van der Waals surface area contributed by atoms with Crippen molar-refractivity contribution in [2.75, 3.05) is 7.11 Å². The van der Waals surface area contributed by atoms with Gasteiger partial charge in [0.15, 0.2) is 21.2 Å². The van der Waals surface area contributed by atoms with Crippen molar-refractivity contribution < 1.29 is 17.7 Å². The van der Waals surface area contributed by atoms with Crippen molar-refractivity contribution in [2.24, 2.45) is 0 Å².